The molecule has 1 atom stereocenters. The van der Waals surface area contributed by atoms with E-state index in [4.69, 9.17) is 4.18 Å². The number of aryl methyl sites for hydroxylation is 1. The topological polar surface area (TPSA) is 83.9 Å². The first-order valence-electron chi connectivity index (χ1n) is 9.43. The smallest absolute Gasteiger partial charge is 0.296 e. The van der Waals surface area contributed by atoms with Gasteiger partial charge < -0.3 is 10.0 Å². The number of nitrogens with zero attached hydrogens (tertiary/aromatic N) is 1. The number of rotatable bonds is 6. The highest BCUT2D eigenvalue weighted by atomic mass is 32.2. The molecule has 2 rings (SSSR count). The van der Waals surface area contributed by atoms with E-state index in [1.807, 2.05) is 27.7 Å². The van der Waals surface area contributed by atoms with Gasteiger partial charge in [0.25, 0.3) is 16.0 Å². The maximum Gasteiger partial charge on any atom is 0.296 e. The van der Waals surface area contributed by atoms with Crippen LogP contribution in [-0.2, 0) is 19.1 Å². The molecular weight excluding hydrogens is 366 g/mol. The highest BCUT2D eigenvalue weighted by Gasteiger charge is 2.34. The van der Waals surface area contributed by atoms with Gasteiger partial charge in [-0.3, -0.25) is 8.98 Å². The molecule has 0 aliphatic carbocycles. The van der Waals surface area contributed by atoms with E-state index in [-0.39, 0.29) is 17.4 Å². The Morgan fingerprint density at radius 1 is 1.22 bits per heavy atom. The number of likely N-dealkylation sites (tertiary alicyclic amines) is 1. The fourth-order valence-electron chi connectivity index (χ4n) is 3.08. The van der Waals surface area contributed by atoms with Crippen molar-refractivity contribution in [1.29, 1.82) is 0 Å². The minimum Gasteiger partial charge on any atom is -0.383 e. The lowest BCUT2D eigenvalue weighted by molar-refractivity contribution is -0.147. The quantitative estimate of drug-likeness (QED) is 0.746. The number of benzene rings is 1. The van der Waals surface area contributed by atoms with Crippen molar-refractivity contribution in [3.05, 3.63) is 29.8 Å². The number of carbonyl (C=O) groups excluding carboxylic acids is 1. The van der Waals surface area contributed by atoms with E-state index in [0.29, 0.717) is 25.4 Å². The van der Waals surface area contributed by atoms with Gasteiger partial charge in [0.1, 0.15) is 6.10 Å². The lowest BCUT2D eigenvalue weighted by Gasteiger charge is -2.36. The van der Waals surface area contributed by atoms with E-state index in [1.54, 1.807) is 29.2 Å². The number of hydrogen-bond acceptors (Lipinski definition) is 5. The summed E-state index contributed by atoms with van der Waals surface area (Å²) in [7, 11) is -3.73. The largest absolute Gasteiger partial charge is 0.383 e. The number of piperidine rings is 1. The first kappa shape index (κ1) is 21.9. The zero-order valence-electron chi connectivity index (χ0n) is 16.6. The van der Waals surface area contributed by atoms with Crippen molar-refractivity contribution >= 4 is 16.0 Å². The monoisotopic (exact) mass is 397 g/mol. The molecule has 1 saturated heterocycles. The van der Waals surface area contributed by atoms with Crippen LogP contribution in [0.5, 0.6) is 0 Å². The molecule has 0 aromatic heterocycles. The number of amides is 1. The molecular formula is C20H31NO5S. The summed E-state index contributed by atoms with van der Waals surface area (Å²) in [5, 5.41) is 10.2. The number of carbonyl (C=O) groups is 1. The summed E-state index contributed by atoms with van der Waals surface area (Å²) in [6, 6.07) is 6.59. The maximum atomic E-state index is 12.3. The Bertz CT molecular complexity index is 729. The Balaban J connectivity index is 1.78. The summed E-state index contributed by atoms with van der Waals surface area (Å²) in [5.41, 5.74) is 0.512. The molecule has 1 aliphatic heterocycles. The molecule has 1 N–H and O–H groups in total. The molecule has 0 bridgehead atoms. The summed E-state index contributed by atoms with van der Waals surface area (Å²) < 4.78 is 29.6. The number of aliphatic hydroxyl groups excluding tert-OH is 1. The Hall–Kier alpha value is -1.44. The van der Waals surface area contributed by atoms with Crippen LogP contribution in [0.2, 0.25) is 0 Å². The van der Waals surface area contributed by atoms with E-state index in [1.165, 1.54) is 0 Å². The van der Waals surface area contributed by atoms with Crippen molar-refractivity contribution in [2.75, 3.05) is 19.7 Å². The molecule has 0 radical (unpaired) electrons. The Labute approximate surface area is 162 Å². The third-order valence-corrected chi connectivity index (χ3v) is 6.38. The van der Waals surface area contributed by atoms with Gasteiger partial charge in [0.05, 0.1) is 11.5 Å². The summed E-state index contributed by atoms with van der Waals surface area (Å²) in [6.45, 7) is 8.73. The van der Waals surface area contributed by atoms with E-state index in [0.717, 1.165) is 18.4 Å². The van der Waals surface area contributed by atoms with Gasteiger partial charge in [0.2, 0.25) is 0 Å². The van der Waals surface area contributed by atoms with Gasteiger partial charge in [-0.2, -0.15) is 8.42 Å². The molecule has 1 fully saturated rings. The SMILES string of the molecule is Cc1ccc(S(=O)(=O)OCCC2CCN(C(=O)C(O)C(C)(C)C)CC2)cc1. The van der Waals surface area contributed by atoms with Crippen LogP contribution >= 0.6 is 0 Å². The van der Waals surface area contributed by atoms with Crippen molar-refractivity contribution < 1.29 is 22.5 Å². The Morgan fingerprint density at radius 2 is 1.78 bits per heavy atom. The second-order valence-corrected chi connectivity index (χ2v) is 10.0. The van der Waals surface area contributed by atoms with Gasteiger partial charge in [-0.15, -0.1) is 0 Å². The molecule has 1 aromatic rings. The van der Waals surface area contributed by atoms with E-state index < -0.39 is 21.6 Å². The van der Waals surface area contributed by atoms with Gasteiger partial charge in [0, 0.05) is 13.1 Å². The molecule has 27 heavy (non-hydrogen) atoms. The van der Waals surface area contributed by atoms with E-state index in [2.05, 4.69) is 0 Å². The molecule has 1 heterocycles. The summed E-state index contributed by atoms with van der Waals surface area (Å²) in [5.74, 6) is 0.0909. The predicted octanol–water partition coefficient (Wildman–Crippen LogP) is 2.74. The van der Waals surface area contributed by atoms with Crippen LogP contribution in [0.3, 0.4) is 0 Å². The van der Waals surface area contributed by atoms with Crippen molar-refractivity contribution in [2.24, 2.45) is 11.3 Å². The molecule has 0 saturated carbocycles. The van der Waals surface area contributed by atoms with E-state index >= 15 is 0 Å². The fourth-order valence-corrected chi connectivity index (χ4v) is 4.00. The standard InChI is InChI=1S/C20H31NO5S/c1-15-5-7-17(8-6-15)27(24,25)26-14-11-16-9-12-21(13-10-16)19(23)18(22)20(2,3)4/h5-8,16,18,22H,9-14H2,1-4H3. The van der Waals surface area contributed by atoms with Gasteiger partial charge in [-0.05, 0) is 49.7 Å². The van der Waals surface area contributed by atoms with Gasteiger partial charge in [-0.25, -0.2) is 0 Å². The minimum absolute atomic E-state index is 0.138. The molecule has 1 aromatic carbocycles. The van der Waals surface area contributed by atoms with Crippen molar-refractivity contribution in [3.8, 4) is 0 Å². The van der Waals surface area contributed by atoms with E-state index in [9.17, 15) is 18.3 Å². The second kappa shape index (κ2) is 8.71. The Morgan fingerprint density at radius 3 is 2.30 bits per heavy atom. The minimum atomic E-state index is -3.73. The Kier molecular flexibility index (Phi) is 7.05. The summed E-state index contributed by atoms with van der Waals surface area (Å²) in [4.78, 5) is 14.2. The van der Waals surface area contributed by atoms with Crippen LogP contribution in [0.25, 0.3) is 0 Å². The van der Waals surface area contributed by atoms with Crippen LogP contribution in [0, 0.1) is 18.3 Å². The fraction of sp³-hybridized carbons (Fsp3) is 0.650. The molecule has 1 aliphatic rings. The highest BCUT2D eigenvalue weighted by molar-refractivity contribution is 7.86. The first-order valence-corrected chi connectivity index (χ1v) is 10.8. The molecule has 7 heteroatoms. The normalized spacial score (nSPS) is 17.7. The van der Waals surface area contributed by atoms with Gasteiger partial charge in [-0.1, -0.05) is 38.5 Å². The molecule has 152 valence electrons. The lowest BCUT2D eigenvalue weighted by Crippen LogP contribution is -2.48. The van der Waals surface area contributed by atoms with Crippen LogP contribution < -0.4 is 0 Å². The maximum absolute atomic E-state index is 12.3. The van der Waals surface area contributed by atoms with Crippen molar-refractivity contribution in [3.63, 3.8) is 0 Å². The van der Waals surface area contributed by atoms with Crippen molar-refractivity contribution in [1.82, 2.24) is 4.90 Å². The molecule has 0 spiro atoms. The zero-order chi connectivity index (χ0) is 20.2. The predicted molar refractivity (Wildman–Crippen MR) is 104 cm³/mol. The third-order valence-electron chi connectivity index (χ3n) is 5.05. The second-order valence-electron chi connectivity index (χ2n) is 8.42. The summed E-state index contributed by atoms with van der Waals surface area (Å²) >= 11 is 0. The van der Waals surface area contributed by atoms with Crippen LogP contribution in [-0.4, -0.2) is 50.1 Å². The molecule has 1 amide bonds. The first-order chi connectivity index (χ1) is 12.5. The van der Waals surface area contributed by atoms with Crippen molar-refractivity contribution in [2.45, 2.75) is 58.0 Å². The number of hydrogen-bond donors (Lipinski definition) is 1. The summed E-state index contributed by atoms with van der Waals surface area (Å²) in [6.07, 6.45) is 1.21. The van der Waals surface area contributed by atoms with Gasteiger partial charge >= 0.3 is 0 Å². The van der Waals surface area contributed by atoms with Crippen LogP contribution in [0.1, 0.15) is 45.6 Å². The van der Waals surface area contributed by atoms with Gasteiger partial charge in [0.15, 0.2) is 0 Å². The molecule has 1 unspecified atom stereocenters. The lowest BCUT2D eigenvalue weighted by atomic mass is 9.87. The zero-order valence-corrected chi connectivity index (χ0v) is 17.5. The van der Waals surface area contributed by atoms with Crippen LogP contribution in [0.4, 0.5) is 0 Å². The highest BCUT2D eigenvalue weighted by Crippen LogP contribution is 2.25. The third kappa shape index (κ3) is 6.02. The average Bonchev–Trinajstić information content (AvgIpc) is 2.60. The molecule has 6 nitrogen and oxygen atoms in total. The van der Waals surface area contributed by atoms with Crippen LogP contribution in [0.15, 0.2) is 29.2 Å². The average molecular weight is 398 g/mol. The number of aliphatic hydroxyl groups is 1.